The van der Waals surface area contributed by atoms with Crippen LogP contribution in [-0.4, -0.2) is 9.97 Å². The van der Waals surface area contributed by atoms with E-state index < -0.39 is 5.41 Å². The van der Waals surface area contributed by atoms with E-state index in [1.165, 1.54) is 33.4 Å². The molecule has 0 unspecified atom stereocenters. The summed E-state index contributed by atoms with van der Waals surface area (Å²) in [5.41, 5.74) is 15.6. The zero-order valence-electron chi connectivity index (χ0n) is 30.4. The Morgan fingerprint density at radius 3 is 1.66 bits per heavy atom. The first-order valence-corrected chi connectivity index (χ1v) is 19.1. The van der Waals surface area contributed by atoms with Gasteiger partial charge in [0.25, 0.3) is 0 Å². The molecule has 2 heterocycles. The van der Waals surface area contributed by atoms with Gasteiger partial charge in [-0.15, -0.1) is 0 Å². The number of nitrogens with zero attached hydrogens (tertiary/aromatic N) is 2. The van der Waals surface area contributed by atoms with E-state index in [1.807, 2.05) is 36.4 Å². The van der Waals surface area contributed by atoms with Gasteiger partial charge < -0.3 is 4.42 Å². The van der Waals surface area contributed by atoms with Gasteiger partial charge in [0, 0.05) is 27.5 Å². The summed E-state index contributed by atoms with van der Waals surface area (Å²) in [4.78, 5) is 10.5. The standard InChI is InChI=1S/C53H34N2O/c1-5-17-35(18-6-1)48-34-49(55-52(54-48)36-19-7-2-8-20-36)44-32-43-40-25-13-15-27-46(40)53(38-21-9-3-10-22-38,39-23-11-4-12-24-39)47(43)33-42(44)37-29-30-51-45(31-37)41-26-14-16-28-50(41)56-51/h1-34H. The van der Waals surface area contributed by atoms with Gasteiger partial charge in [0.15, 0.2) is 5.82 Å². The highest BCUT2D eigenvalue weighted by molar-refractivity contribution is 6.07. The Labute approximate surface area is 325 Å². The van der Waals surface area contributed by atoms with Gasteiger partial charge in [0.05, 0.1) is 16.8 Å². The molecule has 0 amide bonds. The molecule has 8 aromatic carbocycles. The Bertz CT molecular complexity index is 2960. The van der Waals surface area contributed by atoms with Crippen molar-refractivity contribution >= 4 is 21.9 Å². The maximum Gasteiger partial charge on any atom is 0.160 e. The van der Waals surface area contributed by atoms with Crippen molar-refractivity contribution in [2.45, 2.75) is 5.41 Å². The number of benzene rings is 8. The smallest absolute Gasteiger partial charge is 0.160 e. The molecule has 0 saturated heterocycles. The van der Waals surface area contributed by atoms with Crippen LogP contribution in [0.1, 0.15) is 22.3 Å². The highest BCUT2D eigenvalue weighted by Crippen LogP contribution is 2.58. The third kappa shape index (κ3) is 4.98. The molecular weight excluding hydrogens is 681 g/mol. The number of para-hydroxylation sites is 1. The topological polar surface area (TPSA) is 38.9 Å². The molecule has 2 aromatic heterocycles. The Kier molecular flexibility index (Phi) is 7.39. The summed E-state index contributed by atoms with van der Waals surface area (Å²) in [6.45, 7) is 0. The second kappa shape index (κ2) is 12.9. The average molecular weight is 715 g/mol. The maximum absolute atomic E-state index is 6.33. The lowest BCUT2D eigenvalue weighted by atomic mass is 9.67. The second-order valence-corrected chi connectivity index (χ2v) is 14.5. The number of aromatic nitrogens is 2. The van der Waals surface area contributed by atoms with Crippen molar-refractivity contribution < 1.29 is 4.42 Å². The first kappa shape index (κ1) is 32.1. The SMILES string of the molecule is c1ccc(-c2cc(-c3cc4c(cc3-c3ccc5oc6ccccc6c5c3)C(c3ccccc3)(c3ccccc3)c3ccccc3-4)nc(-c3ccccc3)n2)cc1. The van der Waals surface area contributed by atoms with Gasteiger partial charge in [0.1, 0.15) is 11.2 Å². The molecule has 0 saturated carbocycles. The number of fused-ring (bicyclic) bond motifs is 6. The lowest BCUT2D eigenvalue weighted by molar-refractivity contribution is 0.669. The molecule has 1 aliphatic carbocycles. The minimum absolute atomic E-state index is 0.551. The minimum Gasteiger partial charge on any atom is -0.456 e. The summed E-state index contributed by atoms with van der Waals surface area (Å²) < 4.78 is 6.33. The molecule has 262 valence electrons. The molecule has 0 fully saturated rings. The van der Waals surface area contributed by atoms with Gasteiger partial charge in [0.2, 0.25) is 0 Å². The largest absolute Gasteiger partial charge is 0.456 e. The van der Waals surface area contributed by atoms with E-state index in [1.54, 1.807) is 0 Å². The van der Waals surface area contributed by atoms with Crippen molar-refractivity contribution in [1.82, 2.24) is 9.97 Å². The summed E-state index contributed by atoms with van der Waals surface area (Å²) in [6, 6.07) is 73.4. The van der Waals surface area contributed by atoms with Gasteiger partial charge >= 0.3 is 0 Å². The van der Waals surface area contributed by atoms with Crippen LogP contribution in [0.15, 0.2) is 211 Å². The van der Waals surface area contributed by atoms with Crippen LogP contribution in [0.5, 0.6) is 0 Å². The minimum atomic E-state index is -0.551. The first-order valence-electron chi connectivity index (χ1n) is 19.1. The summed E-state index contributed by atoms with van der Waals surface area (Å²) in [7, 11) is 0. The van der Waals surface area contributed by atoms with Crippen molar-refractivity contribution in [3.8, 4) is 56.2 Å². The molecule has 0 aliphatic heterocycles. The Morgan fingerprint density at radius 1 is 0.339 bits per heavy atom. The van der Waals surface area contributed by atoms with Crippen LogP contribution in [-0.2, 0) is 5.41 Å². The summed E-state index contributed by atoms with van der Waals surface area (Å²) in [5.74, 6) is 0.688. The number of hydrogen-bond acceptors (Lipinski definition) is 3. The molecule has 11 rings (SSSR count). The zero-order valence-corrected chi connectivity index (χ0v) is 30.4. The van der Waals surface area contributed by atoms with Crippen LogP contribution in [0.2, 0.25) is 0 Å². The molecular formula is C53H34N2O. The third-order valence-corrected chi connectivity index (χ3v) is 11.4. The molecule has 56 heavy (non-hydrogen) atoms. The normalized spacial score (nSPS) is 12.8. The van der Waals surface area contributed by atoms with Crippen molar-refractivity contribution in [3.05, 3.63) is 229 Å². The van der Waals surface area contributed by atoms with E-state index in [-0.39, 0.29) is 0 Å². The summed E-state index contributed by atoms with van der Waals surface area (Å²) >= 11 is 0. The van der Waals surface area contributed by atoms with E-state index >= 15 is 0 Å². The van der Waals surface area contributed by atoms with Crippen LogP contribution < -0.4 is 0 Å². The van der Waals surface area contributed by atoms with Crippen LogP contribution in [0.3, 0.4) is 0 Å². The van der Waals surface area contributed by atoms with Crippen molar-refractivity contribution in [3.63, 3.8) is 0 Å². The molecule has 10 aromatic rings. The van der Waals surface area contributed by atoms with Gasteiger partial charge in [-0.05, 0) is 80.9 Å². The van der Waals surface area contributed by atoms with E-state index in [2.05, 4.69) is 170 Å². The lowest BCUT2D eigenvalue weighted by Crippen LogP contribution is -2.28. The predicted octanol–water partition coefficient (Wildman–Crippen LogP) is 13.4. The third-order valence-electron chi connectivity index (χ3n) is 11.4. The molecule has 0 atom stereocenters. The van der Waals surface area contributed by atoms with E-state index in [0.29, 0.717) is 5.82 Å². The van der Waals surface area contributed by atoms with Crippen LogP contribution in [0.4, 0.5) is 0 Å². The van der Waals surface area contributed by atoms with Crippen molar-refractivity contribution in [1.29, 1.82) is 0 Å². The van der Waals surface area contributed by atoms with E-state index in [4.69, 9.17) is 14.4 Å². The molecule has 0 spiro atoms. The Hall–Kier alpha value is -7.36. The second-order valence-electron chi connectivity index (χ2n) is 14.5. The maximum atomic E-state index is 6.33. The molecule has 0 N–H and O–H groups in total. The van der Waals surface area contributed by atoms with Gasteiger partial charge in [-0.1, -0.05) is 170 Å². The molecule has 3 nitrogen and oxygen atoms in total. The van der Waals surface area contributed by atoms with Crippen molar-refractivity contribution in [2.75, 3.05) is 0 Å². The van der Waals surface area contributed by atoms with Crippen LogP contribution >= 0.6 is 0 Å². The fourth-order valence-electron chi connectivity index (χ4n) is 8.89. The highest BCUT2D eigenvalue weighted by atomic mass is 16.3. The quantitative estimate of drug-likeness (QED) is 0.172. The fraction of sp³-hybridized carbons (Fsp3) is 0.0189. The molecule has 3 heteroatoms. The van der Waals surface area contributed by atoms with Crippen LogP contribution in [0.25, 0.3) is 78.1 Å². The highest BCUT2D eigenvalue weighted by Gasteiger charge is 2.46. The number of furan rings is 1. The van der Waals surface area contributed by atoms with E-state index in [0.717, 1.165) is 61.1 Å². The zero-order chi connectivity index (χ0) is 37.1. The van der Waals surface area contributed by atoms with Crippen molar-refractivity contribution in [2.24, 2.45) is 0 Å². The van der Waals surface area contributed by atoms with Gasteiger partial charge in [-0.2, -0.15) is 0 Å². The fourth-order valence-corrected chi connectivity index (χ4v) is 8.89. The van der Waals surface area contributed by atoms with Gasteiger partial charge in [-0.25, -0.2) is 9.97 Å². The van der Waals surface area contributed by atoms with Crippen LogP contribution in [0, 0.1) is 0 Å². The average Bonchev–Trinajstić information content (AvgIpc) is 3.80. The predicted molar refractivity (Wildman–Crippen MR) is 228 cm³/mol. The monoisotopic (exact) mass is 714 g/mol. The molecule has 0 radical (unpaired) electrons. The summed E-state index contributed by atoms with van der Waals surface area (Å²) in [5, 5.41) is 2.19. The first-order chi connectivity index (χ1) is 27.8. The van der Waals surface area contributed by atoms with Gasteiger partial charge in [-0.3, -0.25) is 0 Å². The number of hydrogen-bond donors (Lipinski definition) is 0. The Balaban J connectivity index is 1.27. The number of rotatable bonds is 6. The van der Waals surface area contributed by atoms with E-state index in [9.17, 15) is 0 Å². The summed E-state index contributed by atoms with van der Waals surface area (Å²) in [6.07, 6.45) is 0. The molecule has 1 aliphatic rings. The molecule has 0 bridgehead atoms. The lowest BCUT2D eigenvalue weighted by Gasteiger charge is -2.34. The Morgan fingerprint density at radius 2 is 0.929 bits per heavy atom.